The number of nitrogens with two attached hydrogens (primary N) is 1. The quantitative estimate of drug-likeness (QED) is 0.115. The van der Waals surface area contributed by atoms with Gasteiger partial charge in [0.15, 0.2) is 5.82 Å². The second kappa shape index (κ2) is 19.9. The Hall–Kier alpha value is -4.57. The summed E-state index contributed by atoms with van der Waals surface area (Å²) in [7, 11) is 1.70. The van der Waals surface area contributed by atoms with Crippen molar-refractivity contribution in [3.05, 3.63) is 53.7 Å². The molecule has 2 aliphatic heterocycles. The summed E-state index contributed by atoms with van der Waals surface area (Å²) in [5.41, 5.74) is 9.94. The van der Waals surface area contributed by atoms with E-state index in [1.807, 2.05) is 17.2 Å². The lowest BCUT2D eigenvalue weighted by molar-refractivity contribution is -0.138. The Morgan fingerprint density at radius 2 is 1.60 bits per heavy atom. The first-order valence-electron chi connectivity index (χ1n) is 18.1. The van der Waals surface area contributed by atoms with E-state index >= 15 is 0 Å². The number of imide groups is 1. The number of piperazine rings is 1. The van der Waals surface area contributed by atoms with Crippen molar-refractivity contribution in [3.8, 4) is 5.75 Å². The molecule has 3 N–H and O–H groups in total. The van der Waals surface area contributed by atoms with Gasteiger partial charge in [0.25, 0.3) is 11.8 Å². The van der Waals surface area contributed by atoms with E-state index in [1.54, 1.807) is 7.11 Å². The van der Waals surface area contributed by atoms with Crippen LogP contribution in [0.3, 0.4) is 0 Å². The first-order chi connectivity index (χ1) is 25.4. The summed E-state index contributed by atoms with van der Waals surface area (Å²) in [6, 6.07) is 8.33. The maximum absolute atomic E-state index is 12.8. The van der Waals surface area contributed by atoms with Crippen molar-refractivity contribution in [2.45, 2.75) is 45.7 Å². The largest absolute Gasteiger partial charge is 0.496 e. The van der Waals surface area contributed by atoms with Crippen molar-refractivity contribution in [1.29, 1.82) is 0 Å². The van der Waals surface area contributed by atoms with Crippen molar-refractivity contribution in [1.82, 2.24) is 29.2 Å². The molecule has 2 aromatic heterocycles. The van der Waals surface area contributed by atoms with Crippen molar-refractivity contribution < 1.29 is 33.3 Å². The molecule has 1 fully saturated rings. The number of benzene rings is 1. The lowest BCUT2D eigenvalue weighted by atomic mass is 10.1. The molecule has 4 heterocycles. The number of methoxy groups -OCH3 is 1. The molecule has 3 aromatic rings. The monoisotopic (exact) mass is 720 g/mol. The lowest BCUT2D eigenvalue weighted by Gasteiger charge is -2.35. The molecular weight excluding hydrogens is 668 g/mol. The molecule has 0 saturated carbocycles. The molecule has 0 bridgehead atoms. The number of unbranched alkanes of at least 4 members (excludes halogenated alkanes) is 2. The van der Waals surface area contributed by atoms with Gasteiger partial charge in [0.05, 0.1) is 71.8 Å². The Balaban J connectivity index is 0.977. The summed E-state index contributed by atoms with van der Waals surface area (Å²) < 4.78 is 24.5. The van der Waals surface area contributed by atoms with Crippen LogP contribution in [0.2, 0.25) is 0 Å². The fourth-order valence-electron chi connectivity index (χ4n) is 6.24. The van der Waals surface area contributed by atoms with Crippen molar-refractivity contribution in [2.75, 3.05) is 97.1 Å². The third-order valence-corrected chi connectivity index (χ3v) is 9.09. The molecule has 0 unspecified atom stereocenters. The van der Waals surface area contributed by atoms with Crippen molar-refractivity contribution >= 4 is 40.5 Å². The zero-order valence-corrected chi connectivity index (χ0v) is 30.4. The summed E-state index contributed by atoms with van der Waals surface area (Å²) >= 11 is 0. The molecule has 0 radical (unpaired) electrons. The number of fused-ring (bicyclic) bond motifs is 1. The van der Waals surface area contributed by atoms with Crippen LogP contribution in [0.1, 0.15) is 43.7 Å². The summed E-state index contributed by atoms with van der Waals surface area (Å²) in [5.74, 6) is 1.29. The van der Waals surface area contributed by atoms with Crippen molar-refractivity contribution in [3.63, 3.8) is 0 Å². The predicted octanol–water partition coefficient (Wildman–Crippen LogP) is 2.68. The number of nitrogens with one attached hydrogen (secondary N) is 1. The van der Waals surface area contributed by atoms with Crippen LogP contribution in [0.15, 0.2) is 42.6 Å². The standard InChI is InChI=1S/C37H52N8O7/c1-3-4-5-12-39-36-35-30(40-37(38)41-36)10-13-44(35)27-29-7-6-28(25-31(29)49-2)26-42-14-16-43(17-15-42)32(46)11-19-50-21-23-52-24-22-51-20-18-45-33(47)8-9-34(45)48/h6-10,13,25H,3-5,11-12,14-24,26-27H2,1-2H3,(H3,38,39,40,41). The van der Waals surface area contributed by atoms with Gasteiger partial charge in [0.1, 0.15) is 11.3 Å². The SMILES string of the molecule is CCCCCNc1nc(N)nc2ccn(Cc3ccc(CN4CCN(C(=O)CCOCCOCCOCCN5C(=O)C=CC5=O)CC4)cc3OC)c12. The first kappa shape index (κ1) is 38.7. The number of hydrogen-bond acceptors (Lipinski definition) is 12. The van der Waals surface area contributed by atoms with Crippen LogP contribution in [0.4, 0.5) is 11.8 Å². The van der Waals surface area contributed by atoms with E-state index in [2.05, 4.69) is 49.9 Å². The molecule has 2 aliphatic rings. The fraction of sp³-hybridized carbons (Fsp3) is 0.541. The van der Waals surface area contributed by atoms with Crippen LogP contribution >= 0.6 is 0 Å². The Kier molecular flexibility index (Phi) is 14.8. The Labute approximate surface area is 305 Å². The van der Waals surface area contributed by atoms with E-state index < -0.39 is 0 Å². The smallest absolute Gasteiger partial charge is 0.253 e. The van der Waals surface area contributed by atoms with Gasteiger partial charge in [-0.15, -0.1) is 0 Å². The predicted molar refractivity (Wildman–Crippen MR) is 197 cm³/mol. The van der Waals surface area contributed by atoms with E-state index in [-0.39, 0.29) is 36.8 Å². The maximum Gasteiger partial charge on any atom is 0.253 e. The molecule has 15 nitrogen and oxygen atoms in total. The number of hydrogen-bond donors (Lipinski definition) is 2. The number of aromatic nitrogens is 3. The van der Waals surface area contributed by atoms with Gasteiger partial charge in [-0.1, -0.05) is 31.9 Å². The van der Waals surface area contributed by atoms with Gasteiger partial charge in [-0.05, 0) is 24.1 Å². The summed E-state index contributed by atoms with van der Waals surface area (Å²) in [5, 5.41) is 3.46. The van der Waals surface area contributed by atoms with Gasteiger partial charge in [0, 0.05) is 63.2 Å². The molecule has 0 aliphatic carbocycles. The molecule has 0 atom stereocenters. The average Bonchev–Trinajstić information content (AvgIpc) is 3.70. The number of nitrogen functional groups attached to an aromatic ring is 1. The number of carbonyl (C=O) groups is 3. The van der Waals surface area contributed by atoms with Crippen LogP contribution in [0.5, 0.6) is 5.75 Å². The summed E-state index contributed by atoms with van der Waals surface area (Å²) in [6.45, 7) is 9.64. The number of carbonyl (C=O) groups excluding carboxylic acids is 3. The number of rotatable bonds is 22. The third kappa shape index (κ3) is 11.0. The first-order valence-corrected chi connectivity index (χ1v) is 18.1. The summed E-state index contributed by atoms with van der Waals surface area (Å²) in [4.78, 5) is 50.1. The van der Waals surface area contributed by atoms with Crippen LogP contribution in [0.25, 0.3) is 11.0 Å². The average molecular weight is 721 g/mol. The van der Waals surface area contributed by atoms with Crippen LogP contribution in [-0.4, -0.2) is 133 Å². The zero-order valence-electron chi connectivity index (χ0n) is 30.4. The molecular formula is C37H52N8O7. The number of ether oxygens (including phenoxy) is 4. The van der Waals surface area contributed by atoms with Crippen molar-refractivity contribution in [2.24, 2.45) is 0 Å². The van der Waals surface area contributed by atoms with Gasteiger partial charge in [-0.25, -0.2) is 4.98 Å². The number of nitrogens with zero attached hydrogens (tertiary/aromatic N) is 6. The highest BCUT2D eigenvalue weighted by Gasteiger charge is 2.23. The van der Waals surface area contributed by atoms with E-state index in [0.717, 1.165) is 84.1 Å². The zero-order chi connectivity index (χ0) is 36.7. The van der Waals surface area contributed by atoms with Gasteiger partial charge in [0.2, 0.25) is 11.9 Å². The minimum atomic E-state index is -0.315. The minimum Gasteiger partial charge on any atom is -0.496 e. The Morgan fingerprint density at radius 1 is 0.885 bits per heavy atom. The molecule has 282 valence electrons. The van der Waals surface area contributed by atoms with Gasteiger partial charge in [-0.3, -0.25) is 24.2 Å². The van der Waals surface area contributed by atoms with E-state index in [4.69, 9.17) is 24.7 Å². The topological polar surface area (TPSA) is 167 Å². The molecule has 52 heavy (non-hydrogen) atoms. The highest BCUT2D eigenvalue weighted by molar-refractivity contribution is 6.12. The molecule has 15 heteroatoms. The van der Waals surface area contributed by atoms with E-state index in [1.165, 1.54) is 12.2 Å². The second-order valence-corrected chi connectivity index (χ2v) is 12.8. The summed E-state index contributed by atoms with van der Waals surface area (Å²) in [6.07, 6.45) is 8.21. The fourth-order valence-corrected chi connectivity index (χ4v) is 6.24. The molecule has 1 saturated heterocycles. The highest BCUT2D eigenvalue weighted by atomic mass is 16.5. The molecule has 0 spiro atoms. The third-order valence-electron chi connectivity index (χ3n) is 9.09. The Morgan fingerprint density at radius 3 is 2.31 bits per heavy atom. The van der Waals surface area contributed by atoms with E-state index in [0.29, 0.717) is 59.1 Å². The van der Waals surface area contributed by atoms with E-state index in [9.17, 15) is 14.4 Å². The van der Waals surface area contributed by atoms with Gasteiger partial charge < -0.3 is 39.5 Å². The normalized spacial score (nSPS) is 15.0. The lowest BCUT2D eigenvalue weighted by Crippen LogP contribution is -2.48. The van der Waals surface area contributed by atoms with Gasteiger partial charge in [-0.2, -0.15) is 4.98 Å². The van der Waals surface area contributed by atoms with Crippen LogP contribution in [0, 0.1) is 0 Å². The molecule has 3 amide bonds. The van der Waals surface area contributed by atoms with Gasteiger partial charge >= 0.3 is 0 Å². The van der Waals surface area contributed by atoms with Crippen LogP contribution < -0.4 is 15.8 Å². The number of amides is 3. The highest BCUT2D eigenvalue weighted by Crippen LogP contribution is 2.27. The maximum atomic E-state index is 12.8. The second-order valence-electron chi connectivity index (χ2n) is 12.8. The minimum absolute atomic E-state index is 0.0927. The molecule has 1 aromatic carbocycles. The number of anilines is 2. The van der Waals surface area contributed by atoms with Crippen LogP contribution in [-0.2, 0) is 41.7 Å². The molecule has 5 rings (SSSR count). The Bertz CT molecular complexity index is 1650.